The van der Waals surface area contributed by atoms with E-state index in [-0.39, 0.29) is 24.3 Å². The van der Waals surface area contributed by atoms with E-state index in [2.05, 4.69) is 10.5 Å². The summed E-state index contributed by atoms with van der Waals surface area (Å²) in [5.74, 6) is -0.0983. The molecule has 5 nitrogen and oxygen atoms in total. The van der Waals surface area contributed by atoms with E-state index in [1.54, 1.807) is 13.0 Å². The van der Waals surface area contributed by atoms with Gasteiger partial charge in [0, 0.05) is 18.7 Å². The Balaban J connectivity index is 2.50. The van der Waals surface area contributed by atoms with Crippen LogP contribution in [-0.4, -0.2) is 28.8 Å². The number of aliphatic hydroxyl groups excluding tert-OH is 1. The molecule has 0 radical (unpaired) electrons. The Morgan fingerprint density at radius 1 is 1.79 bits per heavy atom. The molecule has 1 aromatic rings. The fourth-order valence-electron chi connectivity index (χ4n) is 1.03. The number of hydrogen-bond donors (Lipinski definition) is 2. The van der Waals surface area contributed by atoms with Gasteiger partial charge in [-0.3, -0.25) is 4.79 Å². The van der Waals surface area contributed by atoms with Crippen LogP contribution in [-0.2, 0) is 0 Å². The molecule has 2 N–H and O–H groups in total. The summed E-state index contributed by atoms with van der Waals surface area (Å²) in [7, 11) is 0. The molecule has 0 aliphatic heterocycles. The standard InChI is InChI=1S/C9H14N2O3/c1-6(3-4-12)10-9(13)8-5-7(2)11-14-8/h5-6,12H,3-4H2,1-2H3,(H,10,13). The molecule has 5 heteroatoms. The third-order valence-corrected chi connectivity index (χ3v) is 1.79. The summed E-state index contributed by atoms with van der Waals surface area (Å²) in [6.07, 6.45) is 0.527. The molecule has 1 amide bonds. The first-order valence-corrected chi connectivity index (χ1v) is 4.48. The highest BCUT2D eigenvalue weighted by Gasteiger charge is 2.13. The van der Waals surface area contributed by atoms with E-state index in [9.17, 15) is 4.79 Å². The quantitative estimate of drug-likeness (QED) is 0.738. The number of nitrogens with zero attached hydrogens (tertiary/aromatic N) is 1. The monoisotopic (exact) mass is 198 g/mol. The van der Waals surface area contributed by atoms with Gasteiger partial charge < -0.3 is 14.9 Å². The predicted octanol–water partition coefficient (Wildman–Crippen LogP) is 0.484. The van der Waals surface area contributed by atoms with E-state index in [0.717, 1.165) is 0 Å². The first-order chi connectivity index (χ1) is 6.63. The minimum absolute atomic E-state index is 0.0525. The highest BCUT2D eigenvalue weighted by atomic mass is 16.5. The fraction of sp³-hybridized carbons (Fsp3) is 0.556. The molecule has 14 heavy (non-hydrogen) atoms. The number of carbonyl (C=O) groups excluding carboxylic acids is 1. The third-order valence-electron chi connectivity index (χ3n) is 1.79. The lowest BCUT2D eigenvalue weighted by atomic mass is 10.2. The van der Waals surface area contributed by atoms with Crippen molar-refractivity contribution in [3.05, 3.63) is 17.5 Å². The van der Waals surface area contributed by atoms with Crippen molar-refractivity contribution in [1.29, 1.82) is 0 Å². The largest absolute Gasteiger partial charge is 0.396 e. The molecule has 0 aliphatic rings. The van der Waals surface area contributed by atoms with Crippen molar-refractivity contribution in [3.63, 3.8) is 0 Å². The van der Waals surface area contributed by atoms with Crippen LogP contribution in [0.5, 0.6) is 0 Å². The highest BCUT2D eigenvalue weighted by molar-refractivity contribution is 5.91. The number of carbonyl (C=O) groups is 1. The van der Waals surface area contributed by atoms with E-state index in [4.69, 9.17) is 9.63 Å². The summed E-state index contributed by atoms with van der Waals surface area (Å²) in [6, 6.07) is 1.50. The lowest BCUT2D eigenvalue weighted by Gasteiger charge is -2.09. The van der Waals surface area contributed by atoms with Crippen LogP contribution in [0, 0.1) is 6.92 Å². The number of aryl methyl sites for hydroxylation is 1. The second-order valence-electron chi connectivity index (χ2n) is 3.22. The van der Waals surface area contributed by atoms with Gasteiger partial charge in [-0.2, -0.15) is 0 Å². The minimum atomic E-state index is -0.299. The van der Waals surface area contributed by atoms with Gasteiger partial charge in [-0.05, 0) is 20.3 Å². The van der Waals surface area contributed by atoms with Crippen LogP contribution in [0.15, 0.2) is 10.6 Å². The molecule has 1 atom stereocenters. The number of nitrogens with one attached hydrogen (secondary N) is 1. The Hall–Kier alpha value is -1.36. The van der Waals surface area contributed by atoms with Gasteiger partial charge in [-0.25, -0.2) is 0 Å². The van der Waals surface area contributed by atoms with Crippen LogP contribution >= 0.6 is 0 Å². The number of rotatable bonds is 4. The molecule has 1 aromatic heterocycles. The van der Waals surface area contributed by atoms with Crippen LogP contribution in [0.4, 0.5) is 0 Å². The summed E-state index contributed by atoms with van der Waals surface area (Å²) in [5, 5.41) is 14.9. The fourth-order valence-corrected chi connectivity index (χ4v) is 1.03. The zero-order chi connectivity index (χ0) is 10.6. The Morgan fingerprint density at radius 2 is 2.50 bits per heavy atom. The number of hydrogen-bond acceptors (Lipinski definition) is 4. The normalized spacial score (nSPS) is 12.5. The Bertz CT molecular complexity index is 309. The summed E-state index contributed by atoms with van der Waals surface area (Å²) in [4.78, 5) is 11.4. The molecule has 0 aromatic carbocycles. The molecule has 0 saturated heterocycles. The maximum Gasteiger partial charge on any atom is 0.290 e. The third kappa shape index (κ3) is 2.85. The minimum Gasteiger partial charge on any atom is -0.396 e. The van der Waals surface area contributed by atoms with Crippen molar-refractivity contribution in [2.24, 2.45) is 0 Å². The molecule has 0 saturated carbocycles. The molecule has 78 valence electrons. The Morgan fingerprint density at radius 3 is 3.00 bits per heavy atom. The van der Waals surface area contributed by atoms with Crippen molar-refractivity contribution in [3.8, 4) is 0 Å². The van der Waals surface area contributed by atoms with Crippen LogP contribution < -0.4 is 5.32 Å². The summed E-state index contributed by atoms with van der Waals surface area (Å²) in [5.41, 5.74) is 0.671. The lowest BCUT2D eigenvalue weighted by Crippen LogP contribution is -2.32. The SMILES string of the molecule is Cc1cc(C(=O)NC(C)CCO)on1. The van der Waals surface area contributed by atoms with Crippen molar-refractivity contribution < 1.29 is 14.4 Å². The predicted molar refractivity (Wildman–Crippen MR) is 49.9 cm³/mol. The maximum absolute atomic E-state index is 11.4. The molecule has 1 unspecified atom stereocenters. The molecule has 0 spiro atoms. The van der Waals surface area contributed by atoms with Crippen LogP contribution in [0.1, 0.15) is 29.6 Å². The van der Waals surface area contributed by atoms with E-state index >= 15 is 0 Å². The molecule has 0 aliphatic carbocycles. The first kappa shape index (κ1) is 10.7. The van der Waals surface area contributed by atoms with E-state index in [1.165, 1.54) is 0 Å². The van der Waals surface area contributed by atoms with Gasteiger partial charge in [0.25, 0.3) is 5.91 Å². The molecule has 0 bridgehead atoms. The smallest absolute Gasteiger partial charge is 0.290 e. The van der Waals surface area contributed by atoms with Gasteiger partial charge in [0.2, 0.25) is 5.76 Å². The molecule has 0 fully saturated rings. The van der Waals surface area contributed by atoms with Crippen LogP contribution in [0.25, 0.3) is 0 Å². The Labute approximate surface area is 82.1 Å². The van der Waals surface area contributed by atoms with Gasteiger partial charge in [-0.1, -0.05) is 5.16 Å². The second kappa shape index (κ2) is 4.76. The van der Waals surface area contributed by atoms with Crippen molar-refractivity contribution in [1.82, 2.24) is 10.5 Å². The molecule has 1 heterocycles. The first-order valence-electron chi connectivity index (χ1n) is 4.48. The highest BCUT2D eigenvalue weighted by Crippen LogP contribution is 2.02. The molecular formula is C9H14N2O3. The average Bonchev–Trinajstić information content (AvgIpc) is 2.52. The lowest BCUT2D eigenvalue weighted by molar-refractivity contribution is 0.0897. The van der Waals surface area contributed by atoms with Crippen LogP contribution in [0.2, 0.25) is 0 Å². The second-order valence-corrected chi connectivity index (χ2v) is 3.22. The zero-order valence-electron chi connectivity index (χ0n) is 8.28. The summed E-state index contributed by atoms with van der Waals surface area (Å²) >= 11 is 0. The zero-order valence-corrected chi connectivity index (χ0v) is 8.28. The molecule has 1 rings (SSSR count). The van der Waals surface area contributed by atoms with E-state index in [1.807, 2.05) is 6.92 Å². The summed E-state index contributed by atoms with van der Waals surface area (Å²) in [6.45, 7) is 3.62. The maximum atomic E-state index is 11.4. The Kier molecular flexibility index (Phi) is 3.64. The van der Waals surface area contributed by atoms with E-state index < -0.39 is 0 Å². The number of aromatic nitrogens is 1. The van der Waals surface area contributed by atoms with Gasteiger partial charge in [0.05, 0.1) is 5.69 Å². The number of aliphatic hydroxyl groups is 1. The van der Waals surface area contributed by atoms with Crippen molar-refractivity contribution in [2.45, 2.75) is 26.3 Å². The average molecular weight is 198 g/mol. The molecular weight excluding hydrogens is 184 g/mol. The topological polar surface area (TPSA) is 75.4 Å². The van der Waals surface area contributed by atoms with Gasteiger partial charge in [0.15, 0.2) is 0 Å². The van der Waals surface area contributed by atoms with Gasteiger partial charge in [0.1, 0.15) is 0 Å². The van der Waals surface area contributed by atoms with Crippen LogP contribution in [0.3, 0.4) is 0 Å². The van der Waals surface area contributed by atoms with Gasteiger partial charge in [-0.15, -0.1) is 0 Å². The summed E-state index contributed by atoms with van der Waals surface area (Å²) < 4.78 is 4.78. The number of amides is 1. The van der Waals surface area contributed by atoms with Crippen molar-refractivity contribution in [2.75, 3.05) is 6.61 Å². The van der Waals surface area contributed by atoms with Gasteiger partial charge >= 0.3 is 0 Å². The van der Waals surface area contributed by atoms with Crippen molar-refractivity contribution >= 4 is 5.91 Å². The van der Waals surface area contributed by atoms with E-state index in [0.29, 0.717) is 12.1 Å².